The van der Waals surface area contributed by atoms with E-state index in [1.165, 1.54) is 39.2 Å². The Morgan fingerprint density at radius 2 is 1.90 bits per heavy atom. The van der Waals surface area contributed by atoms with Crippen LogP contribution in [-0.4, -0.2) is 19.0 Å². The van der Waals surface area contributed by atoms with Crippen molar-refractivity contribution in [1.29, 1.82) is 0 Å². The molecule has 4 heteroatoms. The minimum Gasteiger partial charge on any atom is -0.465 e. The molecule has 0 heterocycles. The molecule has 1 saturated carbocycles. The Kier molecular flexibility index (Phi) is 5.78. The molecule has 0 bridgehead atoms. The van der Waals surface area contributed by atoms with Crippen LogP contribution >= 0.6 is 0 Å². The molecule has 1 aliphatic carbocycles. The van der Waals surface area contributed by atoms with Crippen molar-refractivity contribution in [3.8, 4) is 0 Å². The highest BCUT2D eigenvalue weighted by atomic mass is 16.5. The second kappa shape index (κ2) is 7.81. The lowest BCUT2D eigenvalue weighted by atomic mass is 9.86. The van der Waals surface area contributed by atoms with Crippen molar-refractivity contribution in [3.05, 3.63) is 29.8 Å². The lowest BCUT2D eigenvalue weighted by Crippen LogP contribution is -2.17. The highest BCUT2D eigenvalue weighted by Gasteiger charge is 2.16. The predicted octanol–water partition coefficient (Wildman–Crippen LogP) is 3.77. The average molecular weight is 289 g/mol. The number of hydrogen-bond acceptors (Lipinski definition) is 3. The molecule has 1 aromatic carbocycles. The quantitative estimate of drug-likeness (QED) is 0.839. The van der Waals surface area contributed by atoms with Gasteiger partial charge in [-0.3, -0.25) is 4.79 Å². The van der Waals surface area contributed by atoms with E-state index in [0.29, 0.717) is 23.6 Å². The molecule has 21 heavy (non-hydrogen) atoms. The molecule has 114 valence electrons. The summed E-state index contributed by atoms with van der Waals surface area (Å²) in [6.07, 6.45) is 7.84. The molecule has 2 rings (SSSR count). The Morgan fingerprint density at radius 3 is 2.62 bits per heavy atom. The van der Waals surface area contributed by atoms with Crippen molar-refractivity contribution < 1.29 is 14.3 Å². The van der Waals surface area contributed by atoms with Gasteiger partial charge in [0.25, 0.3) is 0 Å². The van der Waals surface area contributed by atoms with Gasteiger partial charge in [0.15, 0.2) is 0 Å². The Balaban J connectivity index is 1.88. The summed E-state index contributed by atoms with van der Waals surface area (Å²) >= 11 is 0. The van der Waals surface area contributed by atoms with Gasteiger partial charge in [0.1, 0.15) is 0 Å². The first-order valence-electron chi connectivity index (χ1n) is 7.68. The first-order valence-corrected chi connectivity index (χ1v) is 7.68. The smallest absolute Gasteiger partial charge is 0.339 e. The van der Waals surface area contributed by atoms with Crippen LogP contribution in [0.3, 0.4) is 0 Å². The molecule has 0 radical (unpaired) electrons. The van der Waals surface area contributed by atoms with Crippen molar-refractivity contribution in [2.75, 3.05) is 12.4 Å². The van der Waals surface area contributed by atoms with E-state index < -0.39 is 5.97 Å². The summed E-state index contributed by atoms with van der Waals surface area (Å²) in [6, 6.07) is 6.93. The average Bonchev–Trinajstić information content (AvgIpc) is 2.54. The number of nitrogens with one attached hydrogen (secondary N) is 1. The maximum atomic E-state index is 12.1. The van der Waals surface area contributed by atoms with Crippen LogP contribution in [0.15, 0.2) is 24.3 Å². The molecule has 0 aliphatic heterocycles. The highest BCUT2D eigenvalue weighted by Crippen LogP contribution is 2.27. The van der Waals surface area contributed by atoms with E-state index in [9.17, 15) is 9.59 Å². The molecule has 0 aromatic heterocycles. The predicted molar refractivity (Wildman–Crippen MR) is 82.2 cm³/mol. The Hall–Kier alpha value is -1.84. The van der Waals surface area contributed by atoms with Gasteiger partial charge in [-0.25, -0.2) is 4.79 Å². The number of ether oxygens (including phenoxy) is 1. The van der Waals surface area contributed by atoms with Crippen LogP contribution in [0.1, 0.15) is 55.3 Å². The topological polar surface area (TPSA) is 55.4 Å². The number of para-hydroxylation sites is 1. The van der Waals surface area contributed by atoms with Crippen molar-refractivity contribution in [2.24, 2.45) is 5.92 Å². The van der Waals surface area contributed by atoms with Crippen LogP contribution in [0.2, 0.25) is 0 Å². The summed E-state index contributed by atoms with van der Waals surface area (Å²) in [5.41, 5.74) is 0.920. The largest absolute Gasteiger partial charge is 0.465 e. The van der Waals surface area contributed by atoms with Crippen LogP contribution in [0.25, 0.3) is 0 Å². The molecular formula is C17H23NO3. The van der Waals surface area contributed by atoms with Gasteiger partial charge in [0.05, 0.1) is 18.4 Å². The molecular weight excluding hydrogens is 266 g/mol. The van der Waals surface area contributed by atoms with Gasteiger partial charge in [-0.2, -0.15) is 0 Å². The SMILES string of the molecule is COC(=O)c1ccccc1NC(=O)CCC1CCCCC1. The minimum atomic E-state index is -0.432. The summed E-state index contributed by atoms with van der Waals surface area (Å²) in [5.74, 6) is 0.218. The van der Waals surface area contributed by atoms with Crippen molar-refractivity contribution in [1.82, 2.24) is 0 Å². The number of anilines is 1. The van der Waals surface area contributed by atoms with Gasteiger partial charge < -0.3 is 10.1 Å². The van der Waals surface area contributed by atoms with Crippen LogP contribution in [-0.2, 0) is 9.53 Å². The maximum Gasteiger partial charge on any atom is 0.339 e. The Morgan fingerprint density at radius 1 is 1.19 bits per heavy atom. The molecule has 1 aromatic rings. The number of benzene rings is 1. The number of methoxy groups -OCH3 is 1. The van der Waals surface area contributed by atoms with E-state index in [-0.39, 0.29) is 5.91 Å². The standard InChI is InChI=1S/C17H23NO3/c1-21-17(20)14-9-5-6-10-15(14)18-16(19)12-11-13-7-3-2-4-8-13/h5-6,9-10,13H,2-4,7-8,11-12H2,1H3,(H,18,19). The van der Waals surface area contributed by atoms with Crippen LogP contribution in [0.5, 0.6) is 0 Å². The maximum absolute atomic E-state index is 12.1. The lowest BCUT2D eigenvalue weighted by Gasteiger charge is -2.21. The van der Waals surface area contributed by atoms with Gasteiger partial charge in [-0.1, -0.05) is 44.2 Å². The third kappa shape index (κ3) is 4.59. The van der Waals surface area contributed by atoms with Gasteiger partial charge in [-0.05, 0) is 24.5 Å². The fourth-order valence-corrected chi connectivity index (χ4v) is 2.90. The van der Waals surface area contributed by atoms with Crippen LogP contribution < -0.4 is 5.32 Å². The van der Waals surface area contributed by atoms with E-state index in [0.717, 1.165) is 6.42 Å². The first-order chi connectivity index (χ1) is 10.2. The molecule has 0 saturated heterocycles. The minimum absolute atomic E-state index is 0.0306. The summed E-state index contributed by atoms with van der Waals surface area (Å²) in [4.78, 5) is 23.7. The summed E-state index contributed by atoms with van der Waals surface area (Å²) < 4.78 is 4.72. The van der Waals surface area contributed by atoms with E-state index in [2.05, 4.69) is 5.32 Å². The number of carbonyl (C=O) groups is 2. The van der Waals surface area contributed by atoms with E-state index in [4.69, 9.17) is 4.74 Å². The second-order valence-corrected chi connectivity index (χ2v) is 5.63. The van der Waals surface area contributed by atoms with Gasteiger partial charge >= 0.3 is 5.97 Å². The van der Waals surface area contributed by atoms with Crippen molar-refractivity contribution in [2.45, 2.75) is 44.9 Å². The zero-order chi connectivity index (χ0) is 15.1. The van der Waals surface area contributed by atoms with E-state index in [1.807, 2.05) is 0 Å². The molecule has 1 fully saturated rings. The van der Waals surface area contributed by atoms with Gasteiger partial charge in [-0.15, -0.1) is 0 Å². The number of esters is 1. The summed E-state index contributed by atoms with van der Waals surface area (Å²) in [6.45, 7) is 0. The molecule has 0 unspecified atom stereocenters. The molecule has 4 nitrogen and oxygen atoms in total. The van der Waals surface area contributed by atoms with E-state index in [1.54, 1.807) is 24.3 Å². The van der Waals surface area contributed by atoms with Crippen molar-refractivity contribution in [3.63, 3.8) is 0 Å². The highest BCUT2D eigenvalue weighted by molar-refractivity contribution is 6.01. The zero-order valence-electron chi connectivity index (χ0n) is 12.6. The fourth-order valence-electron chi connectivity index (χ4n) is 2.90. The van der Waals surface area contributed by atoms with Gasteiger partial charge in [0, 0.05) is 6.42 Å². The number of rotatable bonds is 5. The lowest BCUT2D eigenvalue weighted by molar-refractivity contribution is -0.116. The number of amides is 1. The van der Waals surface area contributed by atoms with Crippen LogP contribution in [0.4, 0.5) is 5.69 Å². The summed E-state index contributed by atoms with van der Waals surface area (Å²) in [7, 11) is 1.34. The van der Waals surface area contributed by atoms with Gasteiger partial charge in [0.2, 0.25) is 5.91 Å². The Bertz CT molecular complexity index is 493. The second-order valence-electron chi connectivity index (χ2n) is 5.63. The van der Waals surface area contributed by atoms with E-state index >= 15 is 0 Å². The van der Waals surface area contributed by atoms with Crippen LogP contribution in [0, 0.1) is 5.92 Å². The normalized spacial score (nSPS) is 15.5. The third-order valence-electron chi connectivity index (χ3n) is 4.11. The van der Waals surface area contributed by atoms with Crippen molar-refractivity contribution >= 4 is 17.6 Å². The molecule has 1 aliphatic rings. The fraction of sp³-hybridized carbons (Fsp3) is 0.529. The molecule has 0 atom stereocenters. The molecule has 0 spiro atoms. The summed E-state index contributed by atoms with van der Waals surface area (Å²) in [5, 5.41) is 2.83. The number of hydrogen-bond donors (Lipinski definition) is 1. The monoisotopic (exact) mass is 289 g/mol. The molecule has 1 N–H and O–H groups in total. The zero-order valence-corrected chi connectivity index (χ0v) is 12.6. The number of carbonyl (C=O) groups excluding carboxylic acids is 2. The Labute approximate surface area is 125 Å². The third-order valence-corrected chi connectivity index (χ3v) is 4.11. The molecule has 1 amide bonds. The first kappa shape index (κ1) is 15.5.